The van der Waals surface area contributed by atoms with E-state index in [0.29, 0.717) is 18.7 Å². The molecule has 8 aliphatic heterocycles. The lowest BCUT2D eigenvalue weighted by molar-refractivity contribution is -0.115. The zero-order chi connectivity index (χ0) is 89.3. The van der Waals surface area contributed by atoms with Crippen LogP contribution in [0.2, 0.25) is 0 Å². The molecule has 16 rings (SSSR count). The molecular formula is C88H181N19O6S. The molecule has 4 saturated heterocycles. The van der Waals surface area contributed by atoms with E-state index in [1.54, 1.807) is 83.0 Å². The minimum absolute atomic E-state index is 0.167. The van der Waals surface area contributed by atoms with Crippen LogP contribution in [-0.4, -0.2) is 186 Å². The van der Waals surface area contributed by atoms with Crippen LogP contribution in [0.5, 0.6) is 0 Å². The molecule has 0 radical (unpaired) electrons. The number of nitrogens with one attached hydrogen (secondary N) is 6. The van der Waals surface area contributed by atoms with E-state index in [1.165, 1.54) is 173 Å². The van der Waals surface area contributed by atoms with Gasteiger partial charge in [-0.3, -0.25) is 35.6 Å². The monoisotopic (exact) mass is 1630 g/mol. The maximum Gasteiger partial charge on any atom is 0.171 e. The van der Waals surface area contributed by atoms with Crippen molar-refractivity contribution in [2.24, 2.45) is 20.0 Å². The molecule has 6 aromatic rings. The average molecular weight is 1630 g/mol. The number of hydrogen-bond donors (Lipinski definition) is 6. The molecule has 0 amide bonds. The first kappa shape index (κ1) is 139. The van der Waals surface area contributed by atoms with Crippen molar-refractivity contribution in [2.45, 2.75) is 303 Å². The van der Waals surface area contributed by atoms with Gasteiger partial charge in [0.25, 0.3) is 0 Å². The van der Waals surface area contributed by atoms with E-state index in [-0.39, 0.29) is 5.78 Å². The van der Waals surface area contributed by atoms with Crippen LogP contribution in [0.4, 0.5) is 0 Å². The highest BCUT2D eigenvalue weighted by atomic mass is 32.1. The zero-order valence-electron chi connectivity index (χ0n) is 78.8. The number of carbonyl (C=O) groups excluding carboxylic acids is 1. The highest BCUT2D eigenvalue weighted by Gasteiger charge is 2.13. The predicted molar refractivity (Wildman–Crippen MR) is 502 cm³/mol. The maximum absolute atomic E-state index is 9.44. The van der Waals surface area contributed by atoms with Gasteiger partial charge in [0.05, 0.1) is 62.6 Å². The van der Waals surface area contributed by atoms with Crippen LogP contribution < -0.4 is 26.7 Å². The number of aliphatic imine (C=N–C) groups is 4. The van der Waals surface area contributed by atoms with Gasteiger partial charge in [0.1, 0.15) is 24.7 Å². The van der Waals surface area contributed by atoms with Gasteiger partial charge in [0, 0.05) is 78.1 Å². The highest BCUT2D eigenvalue weighted by Crippen LogP contribution is 2.15. The minimum Gasteiger partial charge on any atom is -0.388 e. The number of carbonyl (C=O) groups is 1. The Hall–Kier alpha value is -7.30. The number of hydroxylamine groups is 1. The predicted octanol–water partition coefficient (Wildman–Crippen LogP) is 22.4. The fourth-order valence-electron chi connectivity index (χ4n) is 6.09. The SMILES string of the molecule is C1=CCCC1.C1=NCCC1.C1=NCCN1.C1=NCNC1.C1=NCON1.C1CCCC1.C1CCNC1.C1CCNC1.C1CCOC1.CC.CC.CC.CC.CC.CC.CC.CC.CC.CC.CC.CC.CC(C)=O.CC1CO1.COC.Cc1nn[nH]n1.c1ccccc1.c1ccncc1.c1cncnc1.c1cnoc1.c1cnsn1. The summed E-state index contributed by atoms with van der Waals surface area (Å²) in [5, 5.41) is 28.4. The summed E-state index contributed by atoms with van der Waals surface area (Å²) in [5.74, 6) is 0.843. The molecule has 1 atom stereocenters. The number of benzene rings is 1. The Morgan fingerprint density at radius 1 is 0.474 bits per heavy atom. The fourth-order valence-corrected chi connectivity index (χ4v) is 6.36. The number of epoxide rings is 1. The van der Waals surface area contributed by atoms with Crippen molar-refractivity contribution in [3.63, 3.8) is 0 Å². The quantitative estimate of drug-likeness (QED) is 0.0608. The first-order valence-electron chi connectivity index (χ1n) is 43.1. The Kier molecular flexibility index (Phi) is 211. The van der Waals surface area contributed by atoms with Gasteiger partial charge in [0.15, 0.2) is 12.6 Å². The zero-order valence-corrected chi connectivity index (χ0v) is 79.6. The fraction of sp³-hybridized carbons (Fsp3) is 0.682. The molecule has 5 fully saturated rings. The topological polar surface area (TPSA) is 312 Å². The van der Waals surface area contributed by atoms with E-state index in [0.717, 1.165) is 52.7 Å². The summed E-state index contributed by atoms with van der Waals surface area (Å²) in [5.41, 5.74) is 2.43. The molecule has 6 N–H and O–H groups in total. The Morgan fingerprint density at radius 2 is 0.921 bits per heavy atom. The third-order valence-electron chi connectivity index (χ3n) is 10.4. The second kappa shape index (κ2) is 174. The number of methoxy groups -OCH3 is 1. The first-order valence-corrected chi connectivity index (χ1v) is 43.8. The van der Waals surface area contributed by atoms with Gasteiger partial charge in [0.2, 0.25) is 0 Å². The van der Waals surface area contributed by atoms with E-state index < -0.39 is 0 Å². The normalized spacial score (nSPS) is 13.5. The summed E-state index contributed by atoms with van der Waals surface area (Å²) in [7, 11) is 3.25. The molecule has 0 bridgehead atoms. The van der Waals surface area contributed by atoms with E-state index in [9.17, 15) is 4.79 Å². The van der Waals surface area contributed by atoms with Gasteiger partial charge in [-0.1, -0.05) is 263 Å². The minimum atomic E-state index is 0.167. The lowest BCUT2D eigenvalue weighted by Crippen LogP contribution is -2.06. The van der Waals surface area contributed by atoms with Crippen molar-refractivity contribution >= 4 is 42.6 Å². The summed E-state index contributed by atoms with van der Waals surface area (Å²) in [4.78, 5) is 40.3. The third-order valence-corrected chi connectivity index (χ3v) is 10.9. The molecule has 1 aromatic carbocycles. The molecule has 5 aromatic heterocycles. The molecular weight excluding hydrogens is 1450 g/mol. The van der Waals surface area contributed by atoms with Crippen molar-refractivity contribution in [1.82, 2.24) is 76.2 Å². The number of ketones is 1. The standard InChI is InChI=1S/C6H6.C5H5N.C5H10.C5H8.C4H4N2.2C4H9N.C4H7N.C4H8O.2C3H6N2.C3H3NO.2C3H6O.C2H4N4.C2H4N2O.C2H2N2S.C2H6O.12C2H6/c2*1-2-4-6-5-3-1;2*1-2-4-5-3-1;1-2-5-4-6-3-1;4*1-2-4-5-3-1;2*1-2-5-3-4-1;1-2-4-5-3-1;1-3-2-4-3;1-3(2)4;1-2-3-5-6-4-2;1-3-2-5-4-1;1-2-4-5-3-1;1-3-2;12*1-2/h1-6H;1-5H;1-5H2;1-2H,3-5H2;1-4H;2*5H,1-4H2;3H,1-2,4H2;1-4H2;3H,1-2H2,(H,4,5);1,5H,2-3H2;1-3H;3H,2H2,1H3;1-2H3;1H3,(H,3,4,5,6);1H,2H2,(H,3,4);1-2H;1-2H3;12*1-2H3. The molecule has 25 nitrogen and oxygen atoms in total. The number of nitrogens with zero attached hydrogens (tertiary/aromatic N) is 13. The summed E-state index contributed by atoms with van der Waals surface area (Å²) in [6.07, 6.45) is 49.1. The number of tetrazole rings is 1. The highest BCUT2D eigenvalue weighted by molar-refractivity contribution is 6.98. The van der Waals surface area contributed by atoms with E-state index in [4.69, 9.17) is 9.47 Å². The molecule has 2 aliphatic carbocycles. The van der Waals surface area contributed by atoms with Crippen LogP contribution >= 0.6 is 11.7 Å². The molecule has 670 valence electrons. The van der Waals surface area contributed by atoms with Crippen molar-refractivity contribution in [1.29, 1.82) is 0 Å². The second-order valence-corrected chi connectivity index (χ2v) is 19.7. The number of pyridine rings is 1. The average Bonchev–Trinajstić information content (AvgIpc) is 1.86. The van der Waals surface area contributed by atoms with E-state index >= 15 is 0 Å². The number of aromatic nitrogens is 10. The molecule has 1 unspecified atom stereocenters. The number of allylic oxidation sites excluding steroid dienone is 2. The van der Waals surface area contributed by atoms with E-state index in [1.807, 2.05) is 233 Å². The van der Waals surface area contributed by atoms with Gasteiger partial charge in [-0.05, 0) is 155 Å². The summed E-state index contributed by atoms with van der Waals surface area (Å²) >= 11 is 1.21. The molecule has 1 saturated carbocycles. The lowest BCUT2D eigenvalue weighted by Gasteiger charge is -1.79. The molecule has 114 heavy (non-hydrogen) atoms. The van der Waals surface area contributed by atoms with Crippen LogP contribution in [0, 0.1) is 6.92 Å². The maximum atomic E-state index is 9.44. The van der Waals surface area contributed by atoms with Gasteiger partial charge in [-0.15, -0.1) is 10.2 Å². The summed E-state index contributed by atoms with van der Waals surface area (Å²) in [6, 6.07) is 21.2. The second-order valence-electron chi connectivity index (χ2n) is 19.1. The Bertz CT molecular complexity index is 1880. The van der Waals surface area contributed by atoms with Gasteiger partial charge in [-0.2, -0.15) is 14.0 Å². The summed E-state index contributed by atoms with van der Waals surface area (Å²) < 4.78 is 25.5. The van der Waals surface area contributed by atoms with E-state index in [2.05, 4.69) is 129 Å². The van der Waals surface area contributed by atoms with Crippen molar-refractivity contribution in [2.75, 3.05) is 99.8 Å². The number of hydrogen-bond acceptors (Lipinski definition) is 25. The Labute approximate surface area is 706 Å². The number of Topliss-reactive ketones (excluding diaryl/α,β-unsaturated/α-hetero) is 1. The van der Waals surface area contributed by atoms with Gasteiger partial charge < -0.3 is 39.5 Å². The third kappa shape index (κ3) is 196. The molecule has 0 spiro atoms. The van der Waals surface area contributed by atoms with Crippen LogP contribution in [-0.2, 0) is 23.8 Å². The number of aromatic amines is 1. The smallest absolute Gasteiger partial charge is 0.171 e. The molecule has 10 aliphatic rings. The molecule has 13 heterocycles. The molecule has 26 heteroatoms. The van der Waals surface area contributed by atoms with Crippen LogP contribution in [0.15, 0.2) is 159 Å². The van der Waals surface area contributed by atoms with Crippen molar-refractivity contribution < 1.29 is 28.4 Å². The number of rotatable bonds is 0. The van der Waals surface area contributed by atoms with Crippen LogP contribution in [0.25, 0.3) is 0 Å². The van der Waals surface area contributed by atoms with Crippen LogP contribution in [0.3, 0.4) is 0 Å². The lowest BCUT2D eigenvalue weighted by atomic mass is 10.4. The first-order chi connectivity index (χ1) is 56.4. The van der Waals surface area contributed by atoms with Crippen molar-refractivity contribution in [3.8, 4) is 0 Å². The Morgan fingerprint density at radius 3 is 1.04 bits per heavy atom. The summed E-state index contributed by atoms with van der Waals surface area (Å²) in [6.45, 7) is 68.2. The van der Waals surface area contributed by atoms with Crippen molar-refractivity contribution in [3.05, 3.63) is 141 Å². The largest absolute Gasteiger partial charge is 0.388 e. The van der Waals surface area contributed by atoms with Gasteiger partial charge in [-0.25, -0.2) is 15.0 Å². The number of H-pyrrole nitrogens is 1. The Balaban J connectivity index is -0.0000000763. The van der Waals surface area contributed by atoms with Crippen LogP contribution in [0.1, 0.15) is 295 Å². The number of ether oxygens (including phenoxy) is 3. The number of aryl methyl sites for hydroxylation is 1. The van der Waals surface area contributed by atoms with Gasteiger partial charge >= 0.3 is 0 Å².